The van der Waals surface area contributed by atoms with Crippen molar-refractivity contribution in [1.29, 1.82) is 0 Å². The van der Waals surface area contributed by atoms with Gasteiger partial charge in [0.05, 0.1) is 12.6 Å². The van der Waals surface area contributed by atoms with E-state index in [9.17, 15) is 4.79 Å². The molecule has 6 nitrogen and oxygen atoms in total. The summed E-state index contributed by atoms with van der Waals surface area (Å²) in [6.07, 6.45) is 1.83. The first-order chi connectivity index (χ1) is 13.4. The van der Waals surface area contributed by atoms with Gasteiger partial charge >= 0.3 is 0 Å². The highest BCUT2D eigenvalue weighted by molar-refractivity contribution is 5.77. The van der Waals surface area contributed by atoms with Crippen molar-refractivity contribution >= 4 is 16.9 Å². The summed E-state index contributed by atoms with van der Waals surface area (Å²) in [6.45, 7) is 6.27. The normalized spacial score (nSPS) is 12.7. The van der Waals surface area contributed by atoms with E-state index in [1.807, 2.05) is 53.2 Å². The molecule has 0 aliphatic heterocycles. The molecule has 0 aliphatic carbocycles. The lowest BCUT2D eigenvalue weighted by atomic mass is 9.92. The van der Waals surface area contributed by atoms with Crippen molar-refractivity contribution in [2.45, 2.75) is 46.2 Å². The molecule has 0 aliphatic rings. The fourth-order valence-corrected chi connectivity index (χ4v) is 3.19. The number of amides is 1. The van der Waals surface area contributed by atoms with Crippen molar-refractivity contribution in [2.24, 2.45) is 5.41 Å². The maximum Gasteiger partial charge on any atom is 0.221 e. The molecule has 0 saturated heterocycles. The molecule has 1 N–H and O–H groups in total. The number of nitrogens with zero attached hydrogens (tertiary/aromatic N) is 3. The van der Waals surface area contributed by atoms with Crippen LogP contribution in [0.3, 0.4) is 0 Å². The van der Waals surface area contributed by atoms with E-state index < -0.39 is 0 Å². The van der Waals surface area contributed by atoms with Gasteiger partial charge in [-0.1, -0.05) is 50.3 Å². The van der Waals surface area contributed by atoms with E-state index in [1.54, 1.807) is 7.11 Å². The maximum atomic E-state index is 12.6. The Kier molecular flexibility index (Phi) is 5.97. The minimum Gasteiger partial charge on any atom is -0.497 e. The number of hydrogen-bond acceptors (Lipinski definition) is 4. The van der Waals surface area contributed by atoms with Gasteiger partial charge in [-0.25, -0.2) is 4.68 Å². The van der Waals surface area contributed by atoms with Gasteiger partial charge in [-0.15, -0.1) is 5.10 Å². The third-order valence-electron chi connectivity index (χ3n) is 4.77. The van der Waals surface area contributed by atoms with Crippen LogP contribution in [0.4, 0.5) is 0 Å². The third kappa shape index (κ3) is 4.68. The minimum atomic E-state index is -0.270. The summed E-state index contributed by atoms with van der Waals surface area (Å²) in [5, 5.41) is 11.7. The van der Waals surface area contributed by atoms with Crippen molar-refractivity contribution in [2.75, 3.05) is 7.11 Å². The first-order valence-corrected chi connectivity index (χ1v) is 9.61. The zero-order chi connectivity index (χ0) is 20.1. The first kappa shape index (κ1) is 19.9. The van der Waals surface area contributed by atoms with Gasteiger partial charge in [-0.3, -0.25) is 4.79 Å². The number of para-hydroxylation sites is 1. The number of rotatable bonds is 7. The number of benzene rings is 2. The van der Waals surface area contributed by atoms with Gasteiger partial charge in [0.25, 0.3) is 0 Å². The molecule has 2 aromatic carbocycles. The quantitative estimate of drug-likeness (QED) is 0.669. The summed E-state index contributed by atoms with van der Waals surface area (Å²) in [4.78, 5) is 12.6. The molecule has 0 fully saturated rings. The van der Waals surface area contributed by atoms with Crippen molar-refractivity contribution in [3.8, 4) is 5.75 Å². The molecule has 1 atom stereocenters. The summed E-state index contributed by atoms with van der Waals surface area (Å²) in [5.74, 6) is 0.864. The molecule has 1 unspecified atom stereocenters. The molecule has 0 spiro atoms. The highest BCUT2D eigenvalue weighted by Crippen LogP contribution is 2.30. The Morgan fingerprint density at radius 3 is 2.54 bits per heavy atom. The second kappa shape index (κ2) is 8.42. The minimum absolute atomic E-state index is 0.0213. The lowest BCUT2D eigenvalue weighted by Gasteiger charge is -2.31. The molecule has 6 heteroatoms. The van der Waals surface area contributed by atoms with Crippen LogP contribution in [0.15, 0.2) is 48.5 Å². The second-order valence-electron chi connectivity index (χ2n) is 8.06. The van der Waals surface area contributed by atoms with Crippen molar-refractivity contribution in [3.63, 3.8) is 0 Å². The summed E-state index contributed by atoms with van der Waals surface area (Å²) in [7, 11) is 1.66. The molecular formula is C22H28N4O2. The Labute approximate surface area is 165 Å². The molecule has 148 valence electrons. The number of aromatic nitrogens is 3. The SMILES string of the molecule is COc1ccc(CCCC(=O)NC(n2nnc3ccccc32)C(C)(C)C)cc1. The molecule has 1 amide bonds. The number of fused-ring (bicyclic) bond motifs is 1. The Morgan fingerprint density at radius 1 is 1.14 bits per heavy atom. The standard InChI is InChI=1S/C22H28N4O2/c1-22(2,3)21(26-19-10-6-5-9-18(19)24-25-26)23-20(27)11-7-8-16-12-14-17(28-4)15-13-16/h5-6,9-10,12-15,21H,7-8,11H2,1-4H3,(H,23,27). The number of nitrogens with one attached hydrogen (secondary N) is 1. The average molecular weight is 380 g/mol. The predicted octanol–water partition coefficient (Wildman–Crippen LogP) is 4.12. The van der Waals surface area contributed by atoms with Gasteiger partial charge in [-0.05, 0) is 42.7 Å². The smallest absolute Gasteiger partial charge is 0.221 e. The van der Waals surface area contributed by atoms with E-state index >= 15 is 0 Å². The maximum absolute atomic E-state index is 12.6. The summed E-state index contributed by atoms with van der Waals surface area (Å²) in [5.41, 5.74) is 2.73. The molecule has 3 aromatic rings. The first-order valence-electron chi connectivity index (χ1n) is 9.61. The molecule has 28 heavy (non-hydrogen) atoms. The predicted molar refractivity (Wildman–Crippen MR) is 110 cm³/mol. The third-order valence-corrected chi connectivity index (χ3v) is 4.77. The van der Waals surface area contributed by atoms with E-state index in [2.05, 4.69) is 36.4 Å². The molecule has 1 aromatic heterocycles. The van der Waals surface area contributed by atoms with Gasteiger partial charge < -0.3 is 10.1 Å². The van der Waals surface area contributed by atoms with Crippen LogP contribution in [-0.2, 0) is 11.2 Å². The van der Waals surface area contributed by atoms with E-state index in [1.165, 1.54) is 5.56 Å². The van der Waals surface area contributed by atoms with Crippen LogP contribution in [0.2, 0.25) is 0 Å². The molecule has 1 heterocycles. The van der Waals surface area contributed by atoms with Gasteiger partial charge in [0.2, 0.25) is 5.91 Å². The van der Waals surface area contributed by atoms with E-state index in [0.717, 1.165) is 29.6 Å². The Balaban J connectivity index is 1.63. The van der Waals surface area contributed by atoms with Gasteiger partial charge in [-0.2, -0.15) is 0 Å². The van der Waals surface area contributed by atoms with Crippen LogP contribution < -0.4 is 10.1 Å². The highest BCUT2D eigenvalue weighted by atomic mass is 16.5. The van der Waals surface area contributed by atoms with Crippen molar-refractivity contribution < 1.29 is 9.53 Å². The van der Waals surface area contributed by atoms with Crippen LogP contribution in [0.5, 0.6) is 5.75 Å². The summed E-state index contributed by atoms with van der Waals surface area (Å²) in [6, 6.07) is 15.8. The monoisotopic (exact) mass is 380 g/mol. The molecule has 3 rings (SSSR count). The van der Waals surface area contributed by atoms with E-state index in [4.69, 9.17) is 4.74 Å². The zero-order valence-electron chi connectivity index (χ0n) is 17.0. The van der Waals surface area contributed by atoms with Crippen molar-refractivity contribution in [1.82, 2.24) is 20.3 Å². The molecular weight excluding hydrogens is 352 g/mol. The molecule has 0 bridgehead atoms. The van der Waals surface area contributed by atoms with Crippen LogP contribution >= 0.6 is 0 Å². The Hall–Kier alpha value is -2.89. The van der Waals surface area contributed by atoms with Gasteiger partial charge in [0.1, 0.15) is 17.4 Å². The van der Waals surface area contributed by atoms with Gasteiger partial charge in [0.15, 0.2) is 0 Å². The van der Waals surface area contributed by atoms with Crippen LogP contribution in [0.25, 0.3) is 11.0 Å². The number of aryl methyl sites for hydroxylation is 1. The Morgan fingerprint density at radius 2 is 1.86 bits per heavy atom. The molecule has 0 radical (unpaired) electrons. The lowest BCUT2D eigenvalue weighted by Crippen LogP contribution is -2.41. The Bertz CT molecular complexity index is 926. The highest BCUT2D eigenvalue weighted by Gasteiger charge is 2.30. The van der Waals surface area contributed by atoms with E-state index in [-0.39, 0.29) is 17.5 Å². The largest absolute Gasteiger partial charge is 0.497 e. The number of hydrogen-bond donors (Lipinski definition) is 1. The van der Waals surface area contributed by atoms with Crippen LogP contribution in [-0.4, -0.2) is 28.0 Å². The number of ether oxygens (including phenoxy) is 1. The zero-order valence-corrected chi connectivity index (χ0v) is 17.0. The number of methoxy groups -OCH3 is 1. The molecule has 0 saturated carbocycles. The fraction of sp³-hybridized carbons (Fsp3) is 0.409. The topological polar surface area (TPSA) is 69.0 Å². The van der Waals surface area contributed by atoms with Crippen LogP contribution in [0, 0.1) is 5.41 Å². The summed E-state index contributed by atoms with van der Waals surface area (Å²) < 4.78 is 6.99. The number of carbonyl (C=O) groups is 1. The van der Waals surface area contributed by atoms with E-state index in [0.29, 0.717) is 6.42 Å². The van der Waals surface area contributed by atoms with Crippen molar-refractivity contribution in [3.05, 3.63) is 54.1 Å². The fourth-order valence-electron chi connectivity index (χ4n) is 3.19. The summed E-state index contributed by atoms with van der Waals surface area (Å²) >= 11 is 0. The average Bonchev–Trinajstić information content (AvgIpc) is 3.09. The van der Waals surface area contributed by atoms with Crippen LogP contribution in [0.1, 0.15) is 45.3 Å². The lowest BCUT2D eigenvalue weighted by molar-refractivity contribution is -0.123. The number of carbonyl (C=O) groups excluding carboxylic acids is 1. The second-order valence-corrected chi connectivity index (χ2v) is 8.06. The van der Waals surface area contributed by atoms with Gasteiger partial charge in [0, 0.05) is 11.8 Å².